The van der Waals surface area contributed by atoms with Gasteiger partial charge in [0, 0.05) is 5.56 Å². The summed E-state index contributed by atoms with van der Waals surface area (Å²) in [6.45, 7) is 1.90. The molecule has 1 nitrogen and oxygen atoms in total. The SMILES string of the molecule is Cc1cccc(-c2ccc(N)c(F)c2F)c1. The molecule has 2 aromatic rings. The Kier molecular flexibility index (Phi) is 2.60. The van der Waals surface area contributed by atoms with Gasteiger partial charge in [-0.25, -0.2) is 8.78 Å². The van der Waals surface area contributed by atoms with Gasteiger partial charge in [0.05, 0.1) is 5.69 Å². The minimum absolute atomic E-state index is 0.172. The Balaban J connectivity index is 2.61. The van der Waals surface area contributed by atoms with Crippen LogP contribution in [-0.2, 0) is 0 Å². The van der Waals surface area contributed by atoms with Crippen LogP contribution in [0.4, 0.5) is 14.5 Å². The van der Waals surface area contributed by atoms with Crippen molar-refractivity contribution in [2.24, 2.45) is 0 Å². The molecule has 0 aromatic heterocycles. The standard InChI is InChI=1S/C13H11F2N/c1-8-3-2-4-9(7-8)10-5-6-11(16)13(15)12(10)14/h2-7H,16H2,1H3. The summed E-state index contributed by atoms with van der Waals surface area (Å²) < 4.78 is 26.9. The molecule has 0 heterocycles. The molecule has 0 bridgehead atoms. The van der Waals surface area contributed by atoms with Crippen molar-refractivity contribution >= 4 is 5.69 Å². The van der Waals surface area contributed by atoms with Crippen LogP contribution >= 0.6 is 0 Å². The molecule has 2 rings (SSSR count). The van der Waals surface area contributed by atoms with Crippen LogP contribution < -0.4 is 5.73 Å². The van der Waals surface area contributed by atoms with Gasteiger partial charge in [-0.3, -0.25) is 0 Å². The predicted molar refractivity (Wildman–Crippen MR) is 60.9 cm³/mol. The van der Waals surface area contributed by atoms with E-state index >= 15 is 0 Å². The second kappa shape index (κ2) is 3.93. The fourth-order valence-electron chi connectivity index (χ4n) is 1.60. The minimum atomic E-state index is -0.987. The van der Waals surface area contributed by atoms with Gasteiger partial charge in [-0.1, -0.05) is 29.8 Å². The lowest BCUT2D eigenvalue weighted by molar-refractivity contribution is 0.514. The number of hydrogen-bond donors (Lipinski definition) is 1. The second-order valence-electron chi connectivity index (χ2n) is 3.70. The molecular formula is C13H11F2N. The first-order chi connectivity index (χ1) is 7.59. The van der Waals surface area contributed by atoms with E-state index in [0.29, 0.717) is 5.56 Å². The maximum absolute atomic E-state index is 13.6. The highest BCUT2D eigenvalue weighted by Gasteiger charge is 2.12. The van der Waals surface area contributed by atoms with Crippen molar-refractivity contribution in [1.29, 1.82) is 0 Å². The summed E-state index contributed by atoms with van der Waals surface area (Å²) in [4.78, 5) is 0. The van der Waals surface area contributed by atoms with Crippen LogP contribution in [0.1, 0.15) is 5.56 Å². The summed E-state index contributed by atoms with van der Waals surface area (Å²) in [7, 11) is 0. The zero-order chi connectivity index (χ0) is 11.7. The minimum Gasteiger partial charge on any atom is -0.396 e. The van der Waals surface area contributed by atoms with E-state index in [4.69, 9.17) is 5.73 Å². The molecule has 16 heavy (non-hydrogen) atoms. The second-order valence-corrected chi connectivity index (χ2v) is 3.70. The van der Waals surface area contributed by atoms with E-state index in [9.17, 15) is 8.78 Å². The smallest absolute Gasteiger partial charge is 0.182 e. The molecule has 0 radical (unpaired) electrons. The van der Waals surface area contributed by atoms with E-state index in [2.05, 4.69) is 0 Å². The molecule has 0 aliphatic heterocycles. The van der Waals surface area contributed by atoms with Crippen LogP contribution in [0, 0.1) is 18.6 Å². The van der Waals surface area contributed by atoms with Crippen molar-refractivity contribution in [2.75, 3.05) is 5.73 Å². The number of nitrogen functional groups attached to an aromatic ring is 1. The van der Waals surface area contributed by atoms with Gasteiger partial charge in [0.15, 0.2) is 11.6 Å². The molecule has 0 saturated carbocycles. The largest absolute Gasteiger partial charge is 0.396 e. The van der Waals surface area contributed by atoms with Crippen LogP contribution in [-0.4, -0.2) is 0 Å². The highest BCUT2D eigenvalue weighted by Crippen LogP contribution is 2.27. The zero-order valence-corrected chi connectivity index (χ0v) is 8.80. The van der Waals surface area contributed by atoms with Crippen LogP contribution in [0.15, 0.2) is 36.4 Å². The molecule has 2 N–H and O–H groups in total. The number of aryl methyl sites for hydroxylation is 1. The first-order valence-corrected chi connectivity index (χ1v) is 4.90. The maximum Gasteiger partial charge on any atom is 0.182 e. The molecule has 82 valence electrons. The average Bonchev–Trinajstić information content (AvgIpc) is 2.26. The van der Waals surface area contributed by atoms with Gasteiger partial charge in [0.25, 0.3) is 0 Å². The summed E-state index contributed by atoms with van der Waals surface area (Å²) >= 11 is 0. The van der Waals surface area contributed by atoms with Gasteiger partial charge in [-0.15, -0.1) is 0 Å². The predicted octanol–water partition coefficient (Wildman–Crippen LogP) is 3.52. The van der Waals surface area contributed by atoms with E-state index in [1.54, 1.807) is 18.2 Å². The van der Waals surface area contributed by atoms with Gasteiger partial charge >= 0.3 is 0 Å². The molecule has 0 unspecified atom stereocenters. The maximum atomic E-state index is 13.6. The zero-order valence-electron chi connectivity index (χ0n) is 8.80. The molecular weight excluding hydrogens is 208 g/mol. The van der Waals surface area contributed by atoms with Crippen molar-refractivity contribution < 1.29 is 8.78 Å². The van der Waals surface area contributed by atoms with E-state index in [0.717, 1.165) is 5.56 Å². The normalized spacial score (nSPS) is 10.4. The van der Waals surface area contributed by atoms with Crippen molar-refractivity contribution in [2.45, 2.75) is 6.92 Å². The van der Waals surface area contributed by atoms with Gasteiger partial charge < -0.3 is 5.73 Å². The molecule has 0 spiro atoms. The Hall–Kier alpha value is -1.90. The third kappa shape index (κ3) is 1.76. The van der Waals surface area contributed by atoms with Crippen molar-refractivity contribution in [3.05, 3.63) is 53.6 Å². The summed E-state index contributed by atoms with van der Waals surface area (Å²) in [6.07, 6.45) is 0. The van der Waals surface area contributed by atoms with Crippen molar-refractivity contribution in [1.82, 2.24) is 0 Å². The molecule has 0 aliphatic carbocycles. The van der Waals surface area contributed by atoms with E-state index in [1.807, 2.05) is 13.0 Å². The number of anilines is 1. The Morgan fingerprint density at radius 3 is 2.44 bits per heavy atom. The Morgan fingerprint density at radius 1 is 1.00 bits per heavy atom. The number of rotatable bonds is 1. The average molecular weight is 219 g/mol. The number of benzene rings is 2. The van der Waals surface area contributed by atoms with Crippen molar-refractivity contribution in [3.8, 4) is 11.1 Å². The third-order valence-electron chi connectivity index (χ3n) is 2.44. The molecule has 0 aliphatic rings. The highest BCUT2D eigenvalue weighted by molar-refractivity contribution is 5.67. The van der Waals surface area contributed by atoms with Gasteiger partial charge in [0.1, 0.15) is 0 Å². The molecule has 0 saturated heterocycles. The first kappa shape index (κ1) is 10.6. The van der Waals surface area contributed by atoms with Gasteiger partial charge in [-0.05, 0) is 24.6 Å². The van der Waals surface area contributed by atoms with E-state index in [1.165, 1.54) is 12.1 Å². The monoisotopic (exact) mass is 219 g/mol. The van der Waals surface area contributed by atoms with Gasteiger partial charge in [0.2, 0.25) is 0 Å². The molecule has 0 fully saturated rings. The lowest BCUT2D eigenvalue weighted by Gasteiger charge is -2.06. The topological polar surface area (TPSA) is 26.0 Å². The van der Waals surface area contributed by atoms with Crippen LogP contribution in [0.5, 0.6) is 0 Å². The Morgan fingerprint density at radius 2 is 1.75 bits per heavy atom. The summed E-state index contributed by atoms with van der Waals surface area (Å²) in [5, 5.41) is 0. The van der Waals surface area contributed by atoms with E-state index < -0.39 is 11.6 Å². The lowest BCUT2D eigenvalue weighted by atomic mass is 10.0. The van der Waals surface area contributed by atoms with Crippen LogP contribution in [0.3, 0.4) is 0 Å². The Labute approximate surface area is 92.5 Å². The third-order valence-corrected chi connectivity index (χ3v) is 2.44. The summed E-state index contributed by atoms with van der Waals surface area (Å²) in [5.41, 5.74) is 6.99. The number of halogens is 2. The molecule has 0 amide bonds. The molecule has 2 aromatic carbocycles. The lowest BCUT2D eigenvalue weighted by Crippen LogP contribution is -1.96. The molecule has 3 heteroatoms. The van der Waals surface area contributed by atoms with E-state index in [-0.39, 0.29) is 11.3 Å². The van der Waals surface area contributed by atoms with Crippen LogP contribution in [0.25, 0.3) is 11.1 Å². The fourth-order valence-corrected chi connectivity index (χ4v) is 1.60. The van der Waals surface area contributed by atoms with Crippen LogP contribution in [0.2, 0.25) is 0 Å². The number of hydrogen-bond acceptors (Lipinski definition) is 1. The van der Waals surface area contributed by atoms with Gasteiger partial charge in [-0.2, -0.15) is 0 Å². The summed E-state index contributed by atoms with van der Waals surface area (Å²) in [6, 6.07) is 10.1. The summed E-state index contributed by atoms with van der Waals surface area (Å²) in [5.74, 6) is -1.88. The Bertz CT molecular complexity index is 535. The molecule has 0 atom stereocenters. The highest BCUT2D eigenvalue weighted by atomic mass is 19.2. The number of nitrogens with two attached hydrogens (primary N) is 1. The fraction of sp³-hybridized carbons (Fsp3) is 0.0769. The first-order valence-electron chi connectivity index (χ1n) is 4.90. The van der Waals surface area contributed by atoms with Crippen molar-refractivity contribution in [3.63, 3.8) is 0 Å². The quantitative estimate of drug-likeness (QED) is 0.729.